The smallest absolute Gasteiger partial charge is 0.224 e. The van der Waals surface area contributed by atoms with Gasteiger partial charge in [-0.25, -0.2) is 0 Å². The Balaban J connectivity index is 1.59. The fourth-order valence-corrected chi connectivity index (χ4v) is 2.76. The number of ether oxygens (including phenoxy) is 1. The monoisotopic (exact) mass is 254 g/mol. The summed E-state index contributed by atoms with van der Waals surface area (Å²) in [5, 5.41) is 6.42. The van der Waals surface area contributed by atoms with E-state index in [2.05, 4.69) is 17.6 Å². The Kier molecular flexibility index (Phi) is 5.45. The summed E-state index contributed by atoms with van der Waals surface area (Å²) in [6.07, 6.45) is 7.05. The fraction of sp³-hybridized carbons (Fsp3) is 0.929. The van der Waals surface area contributed by atoms with Crippen molar-refractivity contribution in [1.29, 1.82) is 0 Å². The van der Waals surface area contributed by atoms with E-state index in [1.807, 2.05) is 0 Å². The van der Waals surface area contributed by atoms with Crippen molar-refractivity contribution in [2.45, 2.75) is 57.6 Å². The molecular formula is C14H26N2O2. The van der Waals surface area contributed by atoms with E-state index >= 15 is 0 Å². The standard InChI is InChI=1S/C14H26N2O2/c1-11-5-6-12(10-16-11)14(17)15-8-7-13-4-2-3-9-18-13/h11-13,16H,2-10H2,1H3,(H,15,17). The molecule has 2 heterocycles. The lowest BCUT2D eigenvalue weighted by Gasteiger charge is -2.27. The average Bonchev–Trinajstić information content (AvgIpc) is 2.40. The molecule has 3 atom stereocenters. The highest BCUT2D eigenvalue weighted by molar-refractivity contribution is 5.78. The molecule has 0 saturated carbocycles. The summed E-state index contributed by atoms with van der Waals surface area (Å²) in [6, 6.07) is 0.560. The largest absolute Gasteiger partial charge is 0.378 e. The molecule has 0 spiro atoms. The Labute approximate surface area is 110 Å². The number of rotatable bonds is 4. The lowest BCUT2D eigenvalue weighted by atomic mass is 9.95. The highest BCUT2D eigenvalue weighted by Gasteiger charge is 2.23. The molecule has 3 unspecified atom stereocenters. The van der Waals surface area contributed by atoms with Crippen LogP contribution in [-0.2, 0) is 9.53 Å². The van der Waals surface area contributed by atoms with Crippen molar-refractivity contribution < 1.29 is 9.53 Å². The predicted molar refractivity (Wildman–Crippen MR) is 71.4 cm³/mol. The number of nitrogens with one attached hydrogen (secondary N) is 2. The number of amides is 1. The quantitative estimate of drug-likeness (QED) is 0.798. The molecule has 2 fully saturated rings. The first kappa shape index (κ1) is 13.8. The third-order valence-corrected chi connectivity index (χ3v) is 4.07. The highest BCUT2D eigenvalue weighted by Crippen LogP contribution is 2.16. The second-order valence-electron chi connectivity index (χ2n) is 5.65. The molecule has 4 heteroatoms. The average molecular weight is 254 g/mol. The van der Waals surface area contributed by atoms with E-state index < -0.39 is 0 Å². The Morgan fingerprint density at radius 2 is 2.22 bits per heavy atom. The molecule has 2 saturated heterocycles. The summed E-state index contributed by atoms with van der Waals surface area (Å²) in [7, 11) is 0. The Morgan fingerprint density at radius 1 is 1.33 bits per heavy atom. The van der Waals surface area contributed by atoms with Crippen LogP contribution in [0.5, 0.6) is 0 Å². The van der Waals surface area contributed by atoms with E-state index in [-0.39, 0.29) is 11.8 Å². The third kappa shape index (κ3) is 4.25. The molecule has 2 aliphatic rings. The molecule has 104 valence electrons. The summed E-state index contributed by atoms with van der Waals surface area (Å²) in [5.74, 6) is 0.374. The van der Waals surface area contributed by atoms with E-state index in [4.69, 9.17) is 4.74 Å². The van der Waals surface area contributed by atoms with Gasteiger partial charge in [-0.05, 0) is 45.4 Å². The van der Waals surface area contributed by atoms with Gasteiger partial charge in [-0.1, -0.05) is 0 Å². The van der Waals surface area contributed by atoms with Crippen LogP contribution >= 0.6 is 0 Å². The first-order valence-electron chi connectivity index (χ1n) is 7.38. The van der Waals surface area contributed by atoms with Crippen molar-refractivity contribution in [2.24, 2.45) is 5.92 Å². The molecule has 0 aromatic rings. The summed E-state index contributed by atoms with van der Waals surface area (Å²) < 4.78 is 5.66. The van der Waals surface area contributed by atoms with Gasteiger partial charge < -0.3 is 15.4 Å². The molecule has 0 aromatic carbocycles. The van der Waals surface area contributed by atoms with Crippen LogP contribution in [0.3, 0.4) is 0 Å². The van der Waals surface area contributed by atoms with E-state index in [1.54, 1.807) is 0 Å². The molecule has 0 aromatic heterocycles. The number of hydrogen-bond donors (Lipinski definition) is 2. The lowest BCUT2D eigenvalue weighted by molar-refractivity contribution is -0.125. The van der Waals surface area contributed by atoms with E-state index in [0.29, 0.717) is 12.1 Å². The van der Waals surface area contributed by atoms with E-state index in [9.17, 15) is 4.79 Å². The second-order valence-corrected chi connectivity index (χ2v) is 5.65. The second kappa shape index (κ2) is 7.10. The van der Waals surface area contributed by atoms with Gasteiger partial charge in [0.1, 0.15) is 0 Å². The number of carbonyl (C=O) groups is 1. The van der Waals surface area contributed by atoms with Crippen LogP contribution in [0.4, 0.5) is 0 Å². The van der Waals surface area contributed by atoms with Gasteiger partial charge >= 0.3 is 0 Å². The number of piperidine rings is 1. The lowest BCUT2D eigenvalue weighted by Crippen LogP contribution is -2.44. The molecule has 0 bridgehead atoms. The van der Waals surface area contributed by atoms with Crippen molar-refractivity contribution in [1.82, 2.24) is 10.6 Å². The van der Waals surface area contributed by atoms with Gasteiger partial charge in [-0.15, -0.1) is 0 Å². The number of hydrogen-bond acceptors (Lipinski definition) is 3. The van der Waals surface area contributed by atoms with Crippen molar-refractivity contribution in [3.63, 3.8) is 0 Å². The summed E-state index contributed by atoms with van der Waals surface area (Å²) in [5.41, 5.74) is 0. The van der Waals surface area contributed by atoms with E-state index in [1.165, 1.54) is 12.8 Å². The Hall–Kier alpha value is -0.610. The van der Waals surface area contributed by atoms with Crippen LogP contribution in [-0.4, -0.2) is 37.7 Å². The van der Waals surface area contributed by atoms with Crippen LogP contribution < -0.4 is 10.6 Å². The van der Waals surface area contributed by atoms with Crippen LogP contribution in [0.15, 0.2) is 0 Å². The van der Waals surface area contributed by atoms with Crippen LogP contribution in [0.1, 0.15) is 45.4 Å². The molecule has 1 amide bonds. The minimum Gasteiger partial charge on any atom is -0.378 e. The van der Waals surface area contributed by atoms with Crippen molar-refractivity contribution in [3.05, 3.63) is 0 Å². The van der Waals surface area contributed by atoms with Gasteiger partial charge in [0.05, 0.1) is 12.0 Å². The summed E-state index contributed by atoms with van der Waals surface area (Å²) in [4.78, 5) is 12.0. The molecule has 4 nitrogen and oxygen atoms in total. The summed E-state index contributed by atoms with van der Waals surface area (Å²) in [6.45, 7) is 4.65. The Morgan fingerprint density at radius 3 is 2.89 bits per heavy atom. The van der Waals surface area contributed by atoms with Gasteiger partial charge in [-0.2, -0.15) is 0 Å². The van der Waals surface area contributed by atoms with E-state index in [0.717, 1.165) is 45.4 Å². The van der Waals surface area contributed by atoms with Crippen LogP contribution in [0.2, 0.25) is 0 Å². The zero-order chi connectivity index (χ0) is 12.8. The number of carbonyl (C=O) groups excluding carboxylic acids is 1. The fourth-order valence-electron chi connectivity index (χ4n) is 2.76. The van der Waals surface area contributed by atoms with Gasteiger partial charge in [0.15, 0.2) is 0 Å². The molecular weight excluding hydrogens is 228 g/mol. The summed E-state index contributed by atoms with van der Waals surface area (Å²) >= 11 is 0. The Bertz CT molecular complexity index is 257. The molecule has 0 aliphatic carbocycles. The molecule has 2 aliphatic heterocycles. The maximum absolute atomic E-state index is 12.0. The van der Waals surface area contributed by atoms with Crippen molar-refractivity contribution in [2.75, 3.05) is 19.7 Å². The molecule has 18 heavy (non-hydrogen) atoms. The first-order chi connectivity index (χ1) is 8.75. The van der Waals surface area contributed by atoms with Gasteiger partial charge in [0.2, 0.25) is 5.91 Å². The predicted octanol–water partition coefficient (Wildman–Crippen LogP) is 1.45. The zero-order valence-corrected chi connectivity index (χ0v) is 11.4. The molecule has 2 N–H and O–H groups in total. The van der Waals surface area contributed by atoms with Crippen molar-refractivity contribution >= 4 is 5.91 Å². The molecule has 0 radical (unpaired) electrons. The topological polar surface area (TPSA) is 50.4 Å². The van der Waals surface area contributed by atoms with Crippen LogP contribution in [0.25, 0.3) is 0 Å². The minimum absolute atomic E-state index is 0.161. The normalized spacial score (nSPS) is 33.1. The first-order valence-corrected chi connectivity index (χ1v) is 7.38. The SMILES string of the molecule is CC1CCC(C(=O)NCCC2CCCCO2)CN1. The maximum Gasteiger partial charge on any atom is 0.224 e. The third-order valence-electron chi connectivity index (χ3n) is 4.07. The molecule has 2 rings (SSSR count). The minimum atomic E-state index is 0.161. The highest BCUT2D eigenvalue weighted by atomic mass is 16.5. The maximum atomic E-state index is 12.0. The zero-order valence-electron chi connectivity index (χ0n) is 11.4. The van der Waals surface area contributed by atoms with Crippen LogP contribution in [0, 0.1) is 5.92 Å². The van der Waals surface area contributed by atoms with Crippen molar-refractivity contribution in [3.8, 4) is 0 Å². The van der Waals surface area contributed by atoms with Gasteiger partial charge in [0, 0.05) is 25.7 Å². The van der Waals surface area contributed by atoms with Gasteiger partial charge in [0.25, 0.3) is 0 Å². The van der Waals surface area contributed by atoms with Gasteiger partial charge in [-0.3, -0.25) is 4.79 Å².